The van der Waals surface area contributed by atoms with E-state index in [9.17, 15) is 0 Å². The van der Waals surface area contributed by atoms with Crippen molar-refractivity contribution in [1.82, 2.24) is 4.98 Å². The van der Waals surface area contributed by atoms with Crippen LogP contribution in [0.4, 0.5) is 0 Å². The largest absolute Gasteiger partial charge is 0.248 e. The van der Waals surface area contributed by atoms with E-state index in [1.54, 1.807) is 0 Å². The van der Waals surface area contributed by atoms with Crippen molar-refractivity contribution in [3.8, 4) is 0 Å². The lowest BCUT2D eigenvalue weighted by atomic mass is 10.1. The summed E-state index contributed by atoms with van der Waals surface area (Å²) >= 11 is 3.26. The third-order valence-electron chi connectivity index (χ3n) is 2.17. The molecule has 0 atom stereocenters. The lowest BCUT2D eigenvalue weighted by molar-refractivity contribution is 1.30. The Morgan fingerprint density at radius 2 is 2.07 bits per heavy atom. The number of benzene rings is 1. The van der Waals surface area contributed by atoms with Crippen LogP contribution in [0.3, 0.4) is 0 Å². The van der Waals surface area contributed by atoms with Crippen molar-refractivity contribution in [2.75, 3.05) is 0 Å². The maximum absolute atomic E-state index is 4.55. The van der Waals surface area contributed by atoms with Crippen molar-refractivity contribution >= 4 is 32.9 Å². The number of pyridine rings is 1. The molecule has 1 heterocycles. The first-order valence-corrected chi connectivity index (χ1v) is 5.36. The van der Waals surface area contributed by atoms with Gasteiger partial charge < -0.3 is 0 Å². The van der Waals surface area contributed by atoms with E-state index in [0.29, 0.717) is 0 Å². The van der Waals surface area contributed by atoms with Gasteiger partial charge in [0, 0.05) is 5.39 Å². The molecule has 0 saturated carbocycles. The van der Waals surface area contributed by atoms with Gasteiger partial charge in [0.05, 0.1) is 11.2 Å². The maximum Gasteiger partial charge on any atom is 0.0709 e. The van der Waals surface area contributed by atoms with Crippen LogP contribution in [0, 0.1) is 6.92 Å². The van der Waals surface area contributed by atoms with Gasteiger partial charge in [-0.3, -0.25) is 0 Å². The fraction of sp³-hybridized carbons (Fsp3) is 0.0833. The first-order chi connectivity index (χ1) is 6.81. The minimum absolute atomic E-state index is 1.01. The monoisotopic (exact) mass is 247 g/mol. The molecule has 0 N–H and O–H groups in total. The molecule has 1 nitrogen and oxygen atoms in total. The van der Waals surface area contributed by atoms with E-state index in [-0.39, 0.29) is 0 Å². The molecule has 0 aliphatic rings. The minimum Gasteiger partial charge on any atom is -0.248 e. The standard InChI is InChI=1S/C12H10BrN/c1-9-8-10-4-2-3-5-12(10)14-11(9)6-7-13/h2-8H,1H3. The molecular formula is C12H10BrN. The molecule has 0 amide bonds. The lowest BCUT2D eigenvalue weighted by Crippen LogP contribution is -1.87. The molecule has 2 rings (SSSR count). The van der Waals surface area contributed by atoms with Gasteiger partial charge in [-0.25, -0.2) is 4.98 Å². The van der Waals surface area contributed by atoms with Gasteiger partial charge in [0.2, 0.25) is 0 Å². The lowest BCUT2D eigenvalue weighted by Gasteiger charge is -2.02. The number of rotatable bonds is 1. The second kappa shape index (κ2) is 3.93. The molecule has 70 valence electrons. The highest BCUT2D eigenvalue weighted by Gasteiger charge is 1.99. The molecule has 14 heavy (non-hydrogen) atoms. The summed E-state index contributed by atoms with van der Waals surface area (Å²) in [7, 11) is 0. The minimum atomic E-state index is 1.01. The van der Waals surface area contributed by atoms with Crippen LogP contribution in [-0.2, 0) is 0 Å². The highest BCUT2D eigenvalue weighted by molar-refractivity contribution is 9.11. The SMILES string of the molecule is Cc1cc2ccccc2nc1C=CBr. The van der Waals surface area contributed by atoms with Crippen LogP contribution in [-0.4, -0.2) is 4.98 Å². The molecule has 0 aliphatic carbocycles. The summed E-state index contributed by atoms with van der Waals surface area (Å²) < 4.78 is 0. The maximum atomic E-state index is 4.55. The predicted octanol–water partition coefficient (Wildman–Crippen LogP) is 3.91. The Balaban J connectivity index is 2.70. The van der Waals surface area contributed by atoms with Gasteiger partial charge >= 0.3 is 0 Å². The predicted molar refractivity (Wildman–Crippen MR) is 64.4 cm³/mol. The van der Waals surface area contributed by atoms with Crippen molar-refractivity contribution in [3.63, 3.8) is 0 Å². The molecule has 0 aliphatic heterocycles. The molecule has 0 bridgehead atoms. The van der Waals surface area contributed by atoms with Gasteiger partial charge in [-0.1, -0.05) is 34.1 Å². The van der Waals surface area contributed by atoms with Crippen molar-refractivity contribution in [2.45, 2.75) is 6.92 Å². The van der Waals surface area contributed by atoms with Crippen LogP contribution < -0.4 is 0 Å². The van der Waals surface area contributed by atoms with E-state index in [4.69, 9.17) is 0 Å². The zero-order chi connectivity index (χ0) is 9.97. The summed E-state index contributed by atoms with van der Waals surface area (Å²) in [6, 6.07) is 10.3. The molecule has 1 aromatic heterocycles. The van der Waals surface area contributed by atoms with E-state index in [2.05, 4.69) is 40.0 Å². The first kappa shape index (κ1) is 9.41. The Morgan fingerprint density at radius 3 is 2.86 bits per heavy atom. The first-order valence-electron chi connectivity index (χ1n) is 4.44. The van der Waals surface area contributed by atoms with Gasteiger partial charge in [0.25, 0.3) is 0 Å². The van der Waals surface area contributed by atoms with Crippen molar-refractivity contribution in [3.05, 3.63) is 46.6 Å². The normalized spacial score (nSPS) is 11.3. The van der Waals surface area contributed by atoms with Crippen molar-refractivity contribution in [2.24, 2.45) is 0 Å². The summed E-state index contributed by atoms with van der Waals surface area (Å²) in [6.07, 6.45) is 1.96. The third-order valence-corrected chi connectivity index (χ3v) is 2.44. The van der Waals surface area contributed by atoms with Crippen LogP contribution in [0.1, 0.15) is 11.3 Å². The van der Waals surface area contributed by atoms with E-state index in [1.807, 2.05) is 29.3 Å². The van der Waals surface area contributed by atoms with Crippen LogP contribution in [0.15, 0.2) is 35.3 Å². The van der Waals surface area contributed by atoms with Crippen LogP contribution in [0.5, 0.6) is 0 Å². The Labute approximate surface area is 91.6 Å². The molecule has 0 unspecified atom stereocenters. The quantitative estimate of drug-likeness (QED) is 0.745. The Hall–Kier alpha value is -1.15. The summed E-state index contributed by atoms with van der Waals surface area (Å²) in [6.45, 7) is 2.07. The number of para-hydroxylation sites is 1. The number of hydrogen-bond donors (Lipinski definition) is 0. The number of halogens is 1. The van der Waals surface area contributed by atoms with E-state index >= 15 is 0 Å². The fourth-order valence-electron chi connectivity index (χ4n) is 1.46. The smallest absolute Gasteiger partial charge is 0.0709 e. The average molecular weight is 248 g/mol. The number of nitrogens with zero attached hydrogens (tertiary/aromatic N) is 1. The fourth-order valence-corrected chi connectivity index (χ4v) is 1.72. The second-order valence-corrected chi connectivity index (χ2v) is 3.70. The summed E-state index contributed by atoms with van der Waals surface area (Å²) in [5, 5.41) is 1.19. The van der Waals surface area contributed by atoms with Crippen molar-refractivity contribution in [1.29, 1.82) is 0 Å². The molecule has 2 heteroatoms. The van der Waals surface area contributed by atoms with E-state index in [0.717, 1.165) is 11.2 Å². The average Bonchev–Trinajstić information content (AvgIpc) is 2.19. The molecule has 0 radical (unpaired) electrons. The molecule has 0 spiro atoms. The van der Waals surface area contributed by atoms with E-state index in [1.165, 1.54) is 10.9 Å². The van der Waals surface area contributed by atoms with Crippen LogP contribution >= 0.6 is 15.9 Å². The topological polar surface area (TPSA) is 12.9 Å². The van der Waals surface area contributed by atoms with E-state index < -0.39 is 0 Å². The highest BCUT2D eigenvalue weighted by atomic mass is 79.9. The van der Waals surface area contributed by atoms with Crippen LogP contribution in [0.2, 0.25) is 0 Å². The zero-order valence-electron chi connectivity index (χ0n) is 7.87. The van der Waals surface area contributed by atoms with Crippen LogP contribution in [0.25, 0.3) is 17.0 Å². The summed E-state index contributed by atoms with van der Waals surface area (Å²) in [4.78, 5) is 6.38. The van der Waals surface area contributed by atoms with Crippen molar-refractivity contribution < 1.29 is 0 Å². The molecule has 0 fully saturated rings. The molecular weight excluding hydrogens is 238 g/mol. The Kier molecular flexibility index (Phi) is 2.64. The highest BCUT2D eigenvalue weighted by Crippen LogP contribution is 2.17. The van der Waals surface area contributed by atoms with Gasteiger partial charge in [-0.05, 0) is 35.7 Å². The number of aryl methyl sites for hydroxylation is 1. The van der Waals surface area contributed by atoms with Gasteiger partial charge in [-0.15, -0.1) is 0 Å². The molecule has 0 saturated heterocycles. The zero-order valence-corrected chi connectivity index (χ0v) is 9.45. The van der Waals surface area contributed by atoms with Gasteiger partial charge in [-0.2, -0.15) is 0 Å². The Bertz CT molecular complexity index is 489. The summed E-state index contributed by atoms with van der Waals surface area (Å²) in [5.74, 6) is 0. The number of fused-ring (bicyclic) bond motifs is 1. The van der Waals surface area contributed by atoms with Gasteiger partial charge in [0.15, 0.2) is 0 Å². The van der Waals surface area contributed by atoms with Gasteiger partial charge in [0.1, 0.15) is 0 Å². The second-order valence-electron chi connectivity index (χ2n) is 3.18. The third kappa shape index (κ3) is 1.70. The molecule has 2 aromatic rings. The molecule has 1 aromatic carbocycles. The number of hydrogen-bond acceptors (Lipinski definition) is 1. The Morgan fingerprint density at radius 1 is 1.29 bits per heavy atom. The summed E-state index contributed by atoms with van der Waals surface area (Å²) in [5.41, 5.74) is 3.25. The number of aromatic nitrogens is 1.